The molecule has 36 heavy (non-hydrogen) atoms. The van der Waals surface area contributed by atoms with Crippen LogP contribution >= 0.6 is 0 Å². The Labute approximate surface area is 183 Å². The summed E-state index contributed by atoms with van der Waals surface area (Å²) >= 11 is 0. The molecule has 22 heteroatoms. The summed E-state index contributed by atoms with van der Waals surface area (Å²) < 4.78 is 262. The van der Waals surface area contributed by atoms with Crippen molar-refractivity contribution in [3.63, 3.8) is 0 Å². The summed E-state index contributed by atoms with van der Waals surface area (Å²) in [6, 6.07) is 0. The fraction of sp³-hybridized carbons (Fsp3) is 0.786. The lowest BCUT2D eigenvalue weighted by molar-refractivity contribution is -0.464. The van der Waals surface area contributed by atoms with Crippen molar-refractivity contribution >= 4 is 5.97 Å². The zero-order chi connectivity index (χ0) is 29.9. The van der Waals surface area contributed by atoms with Gasteiger partial charge in [-0.1, -0.05) is 6.58 Å². The molecule has 0 saturated heterocycles. The van der Waals surface area contributed by atoms with Crippen molar-refractivity contribution in [2.45, 2.75) is 66.1 Å². The van der Waals surface area contributed by atoms with E-state index in [2.05, 4.69) is 6.58 Å². The highest BCUT2D eigenvalue weighted by Crippen LogP contribution is 2.64. The minimum atomic E-state index is -9.06. The van der Waals surface area contributed by atoms with E-state index in [1.165, 1.54) is 0 Å². The van der Waals surface area contributed by atoms with E-state index in [9.17, 15) is 92.6 Å². The third kappa shape index (κ3) is 4.51. The predicted octanol–water partition coefficient (Wildman–Crippen LogP) is 7.00. The molecule has 0 aliphatic heterocycles. The summed E-state index contributed by atoms with van der Waals surface area (Å²) in [5.41, 5.74) is -2.01. The molecular weight excluding hydrogens is 580 g/mol. The van der Waals surface area contributed by atoms with Crippen LogP contribution in [-0.4, -0.2) is 70.8 Å². The normalized spacial score (nSPS) is 16.7. The van der Waals surface area contributed by atoms with Crippen LogP contribution in [0, 0.1) is 0 Å². The van der Waals surface area contributed by atoms with E-state index in [4.69, 9.17) is 5.11 Å². The van der Waals surface area contributed by atoms with E-state index in [0.717, 1.165) is 0 Å². The van der Waals surface area contributed by atoms with Crippen molar-refractivity contribution in [1.29, 1.82) is 0 Å². The highest BCUT2D eigenvalue weighted by Gasteiger charge is 2.96. The minimum absolute atomic E-state index is 2.01. The second-order valence-corrected chi connectivity index (χ2v) is 6.78. The maximum Gasteiger partial charge on any atom is 0.460 e. The number of hydrogen-bond acceptors (Lipinski definition) is 1. The lowest BCUT2D eigenvalue weighted by Gasteiger charge is -2.43. The van der Waals surface area contributed by atoms with Gasteiger partial charge in [-0.3, -0.25) is 0 Å². The zero-order valence-corrected chi connectivity index (χ0v) is 15.9. The van der Waals surface area contributed by atoms with E-state index >= 15 is 0 Å². The fourth-order valence-electron chi connectivity index (χ4n) is 2.05. The van der Waals surface area contributed by atoms with Gasteiger partial charge in [-0.05, 0) is 0 Å². The van der Waals surface area contributed by atoms with Crippen LogP contribution < -0.4 is 0 Å². The summed E-state index contributed by atoms with van der Waals surface area (Å²) in [4.78, 5) is 10.3. The van der Waals surface area contributed by atoms with Gasteiger partial charge in [0.2, 0.25) is 6.17 Å². The molecule has 0 amide bonds. The molecule has 0 rings (SSSR count). The molecule has 0 aliphatic rings. The second-order valence-electron chi connectivity index (χ2n) is 6.78. The summed E-state index contributed by atoms with van der Waals surface area (Å²) in [6.45, 7) is 2.16. The van der Waals surface area contributed by atoms with Gasteiger partial charge in [-0.15, -0.1) is 0 Å². The van der Waals surface area contributed by atoms with Crippen LogP contribution in [-0.2, 0) is 4.79 Å². The van der Waals surface area contributed by atoms with Gasteiger partial charge in [0, 0.05) is 12.0 Å². The number of carboxylic acid groups (broad SMARTS) is 1. The Balaban J connectivity index is 6.84. The van der Waals surface area contributed by atoms with E-state index in [0.29, 0.717) is 0 Å². The van der Waals surface area contributed by atoms with Crippen LogP contribution in [0.4, 0.5) is 87.8 Å². The number of hydrogen-bond donors (Lipinski definition) is 1. The zero-order valence-electron chi connectivity index (χ0n) is 15.9. The third-order valence-electron chi connectivity index (χ3n) is 4.19. The molecule has 1 N–H and O–H groups in total. The van der Waals surface area contributed by atoms with Crippen LogP contribution in [0.2, 0.25) is 0 Å². The van der Waals surface area contributed by atoms with Crippen molar-refractivity contribution in [2.75, 3.05) is 0 Å². The number of carbonyl (C=O) groups is 1. The van der Waals surface area contributed by atoms with Crippen LogP contribution in [0.5, 0.6) is 0 Å². The molecule has 1 atom stereocenters. The van der Waals surface area contributed by atoms with Crippen LogP contribution in [0.1, 0.15) is 6.42 Å². The highest BCUT2D eigenvalue weighted by atomic mass is 19.4. The smallest absolute Gasteiger partial charge is 0.460 e. The maximum absolute atomic E-state index is 13.5. The van der Waals surface area contributed by atoms with E-state index in [-0.39, 0.29) is 0 Å². The molecule has 0 aromatic heterocycles. The number of halogens is 20. The Morgan fingerprint density at radius 1 is 0.583 bits per heavy atom. The Morgan fingerprint density at radius 2 is 0.861 bits per heavy atom. The fourth-order valence-corrected chi connectivity index (χ4v) is 2.05. The monoisotopic (exact) mass is 586 g/mol. The second kappa shape index (κ2) is 8.69. The van der Waals surface area contributed by atoms with Crippen molar-refractivity contribution in [3.05, 3.63) is 12.2 Å². The first-order valence-electron chi connectivity index (χ1n) is 7.87. The van der Waals surface area contributed by atoms with Gasteiger partial charge >= 0.3 is 53.6 Å². The van der Waals surface area contributed by atoms with Crippen LogP contribution in [0.3, 0.4) is 0 Å². The van der Waals surface area contributed by atoms with Crippen LogP contribution in [0.15, 0.2) is 12.2 Å². The number of alkyl halides is 20. The standard InChI is InChI=1S/C14H6F20O2/c1-3(4(35)36)2-6(16,17)5(15)7(18,19)8(20,21)9(22,23)10(24,25)11(26,27)12(28,29)13(30,31)14(32,33)34/h5H,1-2H2,(H,35,36). The number of carboxylic acids is 1. The molecule has 2 nitrogen and oxygen atoms in total. The summed E-state index contributed by atoms with van der Waals surface area (Å²) in [5, 5.41) is 8.21. The number of rotatable bonds is 11. The third-order valence-corrected chi connectivity index (χ3v) is 4.19. The minimum Gasteiger partial charge on any atom is -0.478 e. The van der Waals surface area contributed by atoms with E-state index < -0.39 is 77.7 Å². The van der Waals surface area contributed by atoms with Crippen molar-refractivity contribution < 1.29 is 97.7 Å². The molecule has 0 bridgehead atoms. The molecule has 0 aromatic rings. The molecule has 0 aromatic carbocycles. The predicted molar refractivity (Wildman–Crippen MR) is 71.9 cm³/mol. The first kappa shape index (κ1) is 33.8. The van der Waals surface area contributed by atoms with Gasteiger partial charge < -0.3 is 5.11 Å². The first-order valence-corrected chi connectivity index (χ1v) is 7.87. The molecule has 0 aliphatic carbocycles. The topological polar surface area (TPSA) is 37.3 Å². The van der Waals surface area contributed by atoms with Gasteiger partial charge in [-0.2, -0.15) is 74.6 Å². The molecule has 0 radical (unpaired) electrons. The SMILES string of the molecule is C=C(CC(F)(F)C(F)C(F)(F)C(F)(F)C(F)(F)C(F)(F)C(F)(F)C(F)(F)C(F)(F)C(F)(F)F)C(=O)O. The van der Waals surface area contributed by atoms with Crippen molar-refractivity contribution in [2.24, 2.45) is 0 Å². The molecule has 214 valence electrons. The highest BCUT2D eigenvalue weighted by molar-refractivity contribution is 5.85. The quantitative estimate of drug-likeness (QED) is 0.209. The Bertz CT molecular complexity index is 853. The average molecular weight is 586 g/mol. The Hall–Kier alpha value is -2.19. The Kier molecular flexibility index (Phi) is 8.16. The van der Waals surface area contributed by atoms with Crippen molar-refractivity contribution in [3.8, 4) is 0 Å². The molecule has 0 saturated carbocycles. The van der Waals surface area contributed by atoms with Gasteiger partial charge in [0.1, 0.15) is 0 Å². The molecular formula is C14H6F20O2. The average Bonchev–Trinajstić information content (AvgIpc) is 2.64. The lowest BCUT2D eigenvalue weighted by Crippen LogP contribution is -2.75. The summed E-state index contributed by atoms with van der Waals surface area (Å²) in [7, 11) is 0. The largest absolute Gasteiger partial charge is 0.478 e. The summed E-state index contributed by atoms with van der Waals surface area (Å²) in [6.07, 6.45) is -17.1. The molecule has 0 heterocycles. The van der Waals surface area contributed by atoms with Gasteiger partial charge in [0.25, 0.3) is 5.92 Å². The van der Waals surface area contributed by atoms with Crippen LogP contribution in [0.25, 0.3) is 0 Å². The van der Waals surface area contributed by atoms with Gasteiger partial charge in [0.05, 0.1) is 0 Å². The molecule has 0 spiro atoms. The number of aliphatic carboxylic acids is 1. The van der Waals surface area contributed by atoms with Crippen molar-refractivity contribution in [1.82, 2.24) is 0 Å². The first-order chi connectivity index (χ1) is 15.2. The van der Waals surface area contributed by atoms with Gasteiger partial charge in [-0.25, -0.2) is 18.0 Å². The lowest BCUT2D eigenvalue weighted by atomic mass is 9.86. The van der Waals surface area contributed by atoms with Gasteiger partial charge in [0.15, 0.2) is 0 Å². The van der Waals surface area contributed by atoms with E-state index in [1.807, 2.05) is 0 Å². The molecule has 1 unspecified atom stereocenters. The Morgan fingerprint density at radius 3 is 1.14 bits per heavy atom. The van der Waals surface area contributed by atoms with E-state index in [1.54, 1.807) is 0 Å². The maximum atomic E-state index is 13.5. The summed E-state index contributed by atoms with van der Waals surface area (Å²) in [5.74, 6) is -69.8. The molecule has 0 fully saturated rings.